The highest BCUT2D eigenvalue weighted by Crippen LogP contribution is 2.26. The molecule has 2 aromatic heterocycles. The number of carbonyl (C=O) groups is 1. The Kier molecular flexibility index (Phi) is 5.40. The molecular formula is C15H17F3N4O2S. The molecule has 0 saturated carbocycles. The molecule has 6 nitrogen and oxygen atoms in total. The van der Waals surface area contributed by atoms with Crippen molar-refractivity contribution in [3.05, 3.63) is 29.3 Å². The first-order valence-electron chi connectivity index (χ1n) is 7.75. The van der Waals surface area contributed by atoms with Crippen LogP contribution in [0.2, 0.25) is 0 Å². The SMILES string of the molecule is O=C(NCC(N1CCNCC1)C(F)(F)F)c1cc(-c2cccs2)on1. The molecule has 0 radical (unpaired) electrons. The van der Waals surface area contributed by atoms with Crippen molar-refractivity contribution in [3.8, 4) is 10.6 Å². The molecule has 0 spiro atoms. The lowest BCUT2D eigenvalue weighted by Crippen LogP contribution is -2.57. The molecule has 1 unspecified atom stereocenters. The summed E-state index contributed by atoms with van der Waals surface area (Å²) in [5, 5.41) is 10.8. The first-order valence-corrected chi connectivity index (χ1v) is 8.63. The summed E-state index contributed by atoms with van der Waals surface area (Å²) in [6, 6.07) is 3.33. The zero-order chi connectivity index (χ0) is 17.9. The van der Waals surface area contributed by atoms with Crippen molar-refractivity contribution < 1.29 is 22.5 Å². The summed E-state index contributed by atoms with van der Waals surface area (Å²) in [5.41, 5.74) is -0.0374. The number of rotatable bonds is 5. The van der Waals surface area contributed by atoms with Crippen LogP contribution < -0.4 is 10.6 Å². The molecule has 3 rings (SSSR count). The normalized spacial score (nSPS) is 17.4. The molecule has 1 aliphatic heterocycles. The number of hydrogen-bond acceptors (Lipinski definition) is 6. The average Bonchev–Trinajstić information content (AvgIpc) is 3.26. The first-order chi connectivity index (χ1) is 11.9. The summed E-state index contributed by atoms with van der Waals surface area (Å²) in [5.74, 6) is -0.273. The molecule has 25 heavy (non-hydrogen) atoms. The van der Waals surface area contributed by atoms with Crippen molar-refractivity contribution in [2.75, 3.05) is 32.7 Å². The molecule has 0 aromatic carbocycles. The van der Waals surface area contributed by atoms with Gasteiger partial charge in [-0.15, -0.1) is 11.3 Å². The van der Waals surface area contributed by atoms with Gasteiger partial charge >= 0.3 is 6.18 Å². The van der Waals surface area contributed by atoms with Crippen LogP contribution in [0.4, 0.5) is 13.2 Å². The second kappa shape index (κ2) is 7.54. The average molecular weight is 374 g/mol. The van der Waals surface area contributed by atoms with E-state index in [2.05, 4.69) is 15.8 Å². The fourth-order valence-electron chi connectivity index (χ4n) is 2.64. The molecule has 10 heteroatoms. The Bertz CT molecular complexity index is 696. The Hall–Kier alpha value is -1.91. The van der Waals surface area contributed by atoms with Gasteiger partial charge in [0, 0.05) is 38.8 Å². The van der Waals surface area contributed by atoms with Crippen LogP contribution in [0.1, 0.15) is 10.5 Å². The van der Waals surface area contributed by atoms with Crippen LogP contribution in [0.3, 0.4) is 0 Å². The number of hydrogen-bond donors (Lipinski definition) is 2. The lowest BCUT2D eigenvalue weighted by Gasteiger charge is -2.35. The number of piperazine rings is 1. The van der Waals surface area contributed by atoms with E-state index < -0.39 is 24.7 Å². The van der Waals surface area contributed by atoms with Crippen molar-refractivity contribution in [3.63, 3.8) is 0 Å². The summed E-state index contributed by atoms with van der Waals surface area (Å²) in [4.78, 5) is 14.2. The Morgan fingerprint density at radius 3 is 2.84 bits per heavy atom. The Labute approximate surface area is 146 Å². The van der Waals surface area contributed by atoms with Crippen LogP contribution in [0.5, 0.6) is 0 Å². The topological polar surface area (TPSA) is 70.4 Å². The lowest BCUT2D eigenvalue weighted by atomic mass is 10.2. The van der Waals surface area contributed by atoms with Crippen molar-refractivity contribution in [1.82, 2.24) is 20.7 Å². The number of aromatic nitrogens is 1. The van der Waals surface area contributed by atoms with Crippen LogP contribution in [0.15, 0.2) is 28.1 Å². The number of carbonyl (C=O) groups excluding carboxylic acids is 1. The van der Waals surface area contributed by atoms with E-state index in [-0.39, 0.29) is 18.8 Å². The minimum absolute atomic E-state index is 0.0374. The molecule has 1 atom stereocenters. The molecule has 1 saturated heterocycles. The Morgan fingerprint density at radius 2 is 2.20 bits per heavy atom. The van der Waals surface area contributed by atoms with Gasteiger partial charge < -0.3 is 15.2 Å². The van der Waals surface area contributed by atoms with Crippen molar-refractivity contribution in [2.45, 2.75) is 12.2 Å². The highest BCUT2D eigenvalue weighted by Gasteiger charge is 2.43. The van der Waals surface area contributed by atoms with Gasteiger partial charge in [0.15, 0.2) is 11.5 Å². The molecule has 3 heterocycles. The van der Waals surface area contributed by atoms with Gasteiger partial charge in [-0.25, -0.2) is 0 Å². The predicted molar refractivity (Wildman–Crippen MR) is 86.4 cm³/mol. The maximum atomic E-state index is 13.3. The highest BCUT2D eigenvalue weighted by molar-refractivity contribution is 7.13. The number of alkyl halides is 3. The standard InChI is InChI=1S/C15H17F3N4O2S/c16-15(17,18)13(22-5-3-19-4-6-22)9-20-14(23)10-8-11(24-21-10)12-2-1-7-25-12/h1-2,7-8,13,19H,3-6,9H2,(H,20,23). The minimum atomic E-state index is -4.42. The van der Waals surface area contributed by atoms with Gasteiger partial charge in [0.25, 0.3) is 5.91 Å². The van der Waals surface area contributed by atoms with Gasteiger partial charge in [0.2, 0.25) is 0 Å². The number of nitrogens with zero attached hydrogens (tertiary/aromatic N) is 2. The van der Waals surface area contributed by atoms with E-state index in [9.17, 15) is 18.0 Å². The third-order valence-electron chi connectivity index (χ3n) is 3.93. The Balaban J connectivity index is 1.63. The minimum Gasteiger partial charge on any atom is -0.355 e. The van der Waals surface area contributed by atoms with E-state index in [0.29, 0.717) is 18.8 Å². The zero-order valence-electron chi connectivity index (χ0n) is 13.2. The van der Waals surface area contributed by atoms with Gasteiger partial charge in [-0.3, -0.25) is 9.69 Å². The molecular weight excluding hydrogens is 357 g/mol. The van der Waals surface area contributed by atoms with E-state index in [4.69, 9.17) is 4.52 Å². The molecule has 0 aliphatic carbocycles. The van der Waals surface area contributed by atoms with Crippen LogP contribution in [-0.4, -0.2) is 60.9 Å². The highest BCUT2D eigenvalue weighted by atomic mass is 32.1. The smallest absolute Gasteiger partial charge is 0.355 e. The molecule has 1 aliphatic rings. The molecule has 136 valence electrons. The summed E-state index contributed by atoms with van der Waals surface area (Å²) >= 11 is 1.41. The second-order valence-electron chi connectivity index (χ2n) is 5.61. The quantitative estimate of drug-likeness (QED) is 0.837. The molecule has 2 aromatic rings. The third kappa shape index (κ3) is 4.39. The van der Waals surface area contributed by atoms with Gasteiger partial charge in [0.1, 0.15) is 6.04 Å². The summed E-state index contributed by atoms with van der Waals surface area (Å²) < 4.78 is 45.0. The van der Waals surface area contributed by atoms with E-state index in [1.807, 2.05) is 11.4 Å². The fourth-order valence-corrected chi connectivity index (χ4v) is 3.32. The van der Waals surface area contributed by atoms with Crippen LogP contribution in [0.25, 0.3) is 10.6 Å². The van der Waals surface area contributed by atoms with Gasteiger partial charge in [-0.05, 0) is 11.4 Å². The largest absolute Gasteiger partial charge is 0.405 e. The maximum absolute atomic E-state index is 13.3. The van der Waals surface area contributed by atoms with E-state index in [1.54, 1.807) is 6.07 Å². The number of nitrogens with one attached hydrogen (secondary N) is 2. The monoisotopic (exact) mass is 374 g/mol. The Morgan fingerprint density at radius 1 is 1.44 bits per heavy atom. The number of amides is 1. The van der Waals surface area contributed by atoms with Gasteiger partial charge in [-0.1, -0.05) is 11.2 Å². The van der Waals surface area contributed by atoms with Crippen molar-refractivity contribution >= 4 is 17.2 Å². The van der Waals surface area contributed by atoms with Crippen LogP contribution >= 0.6 is 11.3 Å². The predicted octanol–water partition coefficient (Wildman–Crippen LogP) is 1.97. The first kappa shape index (κ1) is 17.9. The van der Waals surface area contributed by atoms with Crippen molar-refractivity contribution in [1.29, 1.82) is 0 Å². The fraction of sp³-hybridized carbons (Fsp3) is 0.467. The van der Waals surface area contributed by atoms with Crippen LogP contribution in [-0.2, 0) is 0 Å². The molecule has 1 fully saturated rings. The second-order valence-corrected chi connectivity index (χ2v) is 6.55. The van der Waals surface area contributed by atoms with Crippen LogP contribution in [0, 0.1) is 0 Å². The van der Waals surface area contributed by atoms with E-state index in [1.165, 1.54) is 22.3 Å². The summed E-state index contributed by atoms with van der Waals surface area (Å²) in [7, 11) is 0. The van der Waals surface area contributed by atoms with Crippen molar-refractivity contribution in [2.24, 2.45) is 0 Å². The van der Waals surface area contributed by atoms with Gasteiger partial charge in [-0.2, -0.15) is 13.2 Å². The summed E-state index contributed by atoms with van der Waals surface area (Å²) in [6.45, 7) is 1.03. The molecule has 2 N–H and O–H groups in total. The van der Waals surface area contributed by atoms with E-state index in [0.717, 1.165) is 4.88 Å². The summed E-state index contributed by atoms with van der Waals surface area (Å²) in [6.07, 6.45) is -4.42. The number of thiophene rings is 1. The molecule has 1 amide bonds. The lowest BCUT2D eigenvalue weighted by molar-refractivity contribution is -0.183. The maximum Gasteiger partial charge on any atom is 0.405 e. The van der Waals surface area contributed by atoms with E-state index >= 15 is 0 Å². The van der Waals surface area contributed by atoms with Gasteiger partial charge in [0.05, 0.1) is 4.88 Å². The molecule has 0 bridgehead atoms. The zero-order valence-corrected chi connectivity index (χ0v) is 14.0. The third-order valence-corrected chi connectivity index (χ3v) is 4.82. The number of halogens is 3.